The zero-order valence-electron chi connectivity index (χ0n) is 33.9. The van der Waals surface area contributed by atoms with E-state index in [9.17, 15) is 0 Å². The summed E-state index contributed by atoms with van der Waals surface area (Å²) in [5.41, 5.74) is 15.4. The summed E-state index contributed by atoms with van der Waals surface area (Å²) in [4.78, 5) is 0. The van der Waals surface area contributed by atoms with E-state index in [2.05, 4.69) is 117 Å². The quantitative estimate of drug-likeness (QED) is 0.0954. The topological polar surface area (TPSA) is 33.7 Å². The number of rotatable bonds is 9. The van der Waals surface area contributed by atoms with Crippen LogP contribution in [-0.4, -0.2) is 50.7 Å². The van der Waals surface area contributed by atoms with E-state index in [0.717, 1.165) is 17.2 Å². The molecule has 4 aromatic rings. The predicted molar refractivity (Wildman–Crippen MR) is 227 cm³/mol. The van der Waals surface area contributed by atoms with Gasteiger partial charge in [0.1, 0.15) is 0 Å². The van der Waals surface area contributed by atoms with Crippen LogP contribution in [0.3, 0.4) is 0 Å². The Morgan fingerprint density at radius 1 is 0.593 bits per heavy atom. The molecule has 0 radical (unpaired) electrons. The molecule has 0 aromatic heterocycles. The number of benzene rings is 4. The molecule has 0 unspecified atom stereocenters. The number of hydrogen-bond donors (Lipinski definition) is 0. The summed E-state index contributed by atoms with van der Waals surface area (Å²) in [5.74, 6) is 0. The first kappa shape index (κ1) is 44.1. The van der Waals surface area contributed by atoms with E-state index in [1.54, 1.807) is 0 Å². The van der Waals surface area contributed by atoms with Gasteiger partial charge in [0, 0.05) is 22.3 Å². The fourth-order valence-electron chi connectivity index (χ4n) is 6.72. The molecule has 2 aliphatic rings. The molecule has 0 bridgehead atoms. The maximum atomic E-state index is 6.19. The summed E-state index contributed by atoms with van der Waals surface area (Å²) < 4.78 is 22.2. The van der Waals surface area contributed by atoms with Crippen molar-refractivity contribution >= 4 is 55.0 Å². The molecule has 0 amide bonds. The van der Waals surface area contributed by atoms with Gasteiger partial charge in [0.15, 0.2) is 0 Å². The molecule has 0 saturated heterocycles. The second-order valence-electron chi connectivity index (χ2n) is 14.6. The average molecular weight is 877 g/mol. The van der Waals surface area contributed by atoms with Crippen molar-refractivity contribution in [2.45, 2.75) is 101 Å². The number of nitrogens with zero attached hydrogens (tertiary/aromatic N) is 2. The van der Waals surface area contributed by atoms with Crippen molar-refractivity contribution in [2.24, 2.45) is 0 Å². The van der Waals surface area contributed by atoms with Crippen molar-refractivity contribution in [3.05, 3.63) is 135 Å². The van der Waals surface area contributed by atoms with Crippen molar-refractivity contribution in [3.63, 3.8) is 0 Å². The minimum atomic E-state index is -1.88. The van der Waals surface area contributed by atoms with Crippen LogP contribution in [0, 0.1) is 41.5 Å². The van der Waals surface area contributed by atoms with Gasteiger partial charge in [-0.05, 0) is 107 Å². The van der Waals surface area contributed by atoms with Crippen LogP contribution < -0.4 is 0 Å². The molecule has 1 aliphatic carbocycles. The Labute approximate surface area is 338 Å². The van der Waals surface area contributed by atoms with Gasteiger partial charge in [-0.25, -0.2) is 0 Å². The predicted octanol–water partition coefficient (Wildman–Crippen LogP) is 12.8. The molecule has 1 heterocycles. The molecule has 6 rings (SSSR count). The van der Waals surface area contributed by atoms with E-state index in [1.165, 1.54) is 67.0 Å². The summed E-state index contributed by atoms with van der Waals surface area (Å²) in [6.45, 7) is 26.9. The van der Waals surface area contributed by atoms with E-state index >= 15 is 0 Å². The van der Waals surface area contributed by atoms with Crippen LogP contribution in [0.4, 0.5) is 11.4 Å². The molecule has 290 valence electrons. The van der Waals surface area contributed by atoms with Crippen LogP contribution in [0.1, 0.15) is 91.6 Å². The third-order valence-corrected chi connectivity index (χ3v) is 13.4. The summed E-state index contributed by atoms with van der Waals surface area (Å²) >= 11 is -1.88. The van der Waals surface area contributed by atoms with Crippen molar-refractivity contribution in [1.29, 1.82) is 0 Å². The van der Waals surface area contributed by atoms with Gasteiger partial charge < -0.3 is 13.6 Å². The standard InChI is InChI=1S/C21H26N2.C15H10.C9H21O3P.2ClH.Ru/c1-14-9-16(3)20(17(4)10-14)22-7-8-23(13-22)21-18(5)11-15(2)12-19(21)6;1-2-6-12(7-3-1)15-11-10-13-8-4-5-9-14(13)15;1-7(2)10-13(11-8(3)4)12-9(5)6;;;/h9-12H,7-8H2,1-6H3;1-9,11H;7-9H,1-6H3;2*1H;/q+2;;;;;+2/p-2. The first-order valence-electron chi connectivity index (χ1n) is 18.6. The molecule has 0 fully saturated rings. The molecule has 1 aliphatic heterocycles. The molecule has 0 N–H and O–H groups in total. The van der Waals surface area contributed by atoms with E-state index in [0.29, 0.717) is 0 Å². The third kappa shape index (κ3) is 12.2. The Balaban J connectivity index is 0.000000189. The van der Waals surface area contributed by atoms with Crippen molar-refractivity contribution in [3.8, 4) is 0 Å². The fourth-order valence-corrected chi connectivity index (χ4v) is 10.4. The second kappa shape index (κ2) is 20.5. The summed E-state index contributed by atoms with van der Waals surface area (Å²) in [6.07, 6.45) is 2.58. The second-order valence-corrected chi connectivity index (χ2v) is 21.5. The number of allylic oxidation sites excluding steroid dienone is 1. The van der Waals surface area contributed by atoms with Gasteiger partial charge in [-0.15, -0.1) is 0 Å². The van der Waals surface area contributed by atoms with Gasteiger partial charge in [0.2, 0.25) is 24.5 Å². The van der Waals surface area contributed by atoms with Crippen molar-refractivity contribution in [1.82, 2.24) is 0 Å². The molecule has 9 heteroatoms. The first-order chi connectivity index (χ1) is 25.5. The summed E-state index contributed by atoms with van der Waals surface area (Å²) in [6, 6.07) is 31.3. The number of halogens is 2. The first-order valence-corrected chi connectivity index (χ1v) is 25.0. The number of hydrogen-bond acceptors (Lipinski definition) is 3. The molecule has 0 atom stereocenters. The Bertz CT molecular complexity index is 1930. The fraction of sp³-hybridized carbons (Fsp3) is 0.378. The van der Waals surface area contributed by atoms with E-state index in [4.69, 9.17) is 33.0 Å². The van der Waals surface area contributed by atoms with E-state index < -0.39 is 22.1 Å². The Morgan fingerprint density at radius 3 is 1.37 bits per heavy atom. The molecular weight excluding hydrogens is 819 g/mol. The number of aryl methyl sites for hydroxylation is 6. The normalized spacial score (nSPS) is 13.7. The minimum absolute atomic E-state index is 0.142. The zero-order chi connectivity index (χ0) is 39.7. The van der Waals surface area contributed by atoms with E-state index in [-0.39, 0.29) is 18.3 Å². The van der Waals surface area contributed by atoms with Crippen molar-refractivity contribution in [2.75, 3.05) is 13.1 Å². The van der Waals surface area contributed by atoms with Gasteiger partial charge in [-0.1, -0.05) is 20.3 Å². The van der Waals surface area contributed by atoms with Gasteiger partial charge in [0.25, 0.3) is 0 Å². The Morgan fingerprint density at radius 2 is 0.981 bits per heavy atom. The van der Waals surface area contributed by atoms with Crippen LogP contribution in [-0.2, 0) is 27.1 Å². The van der Waals surface area contributed by atoms with Crippen molar-refractivity contribution < 1.29 is 36.2 Å². The summed E-state index contributed by atoms with van der Waals surface area (Å²) in [5, 5.41) is 0. The molecule has 54 heavy (non-hydrogen) atoms. The third-order valence-electron chi connectivity index (χ3n) is 8.45. The Hall–Kier alpha value is -2.62. The SMILES string of the molecule is CC(C)OP(OC(C)C)OC(C)C.Cc1cc(C)c([N+]2=C=[N+](c3c(C)cc(C)cc3C)CC2)c(C)c1.[Cl][Ru]([Cl])=[C]1C=C(c2ccccc2)c2ccccc21. The van der Waals surface area contributed by atoms with E-state index in [1.807, 2.05) is 65.8 Å². The average Bonchev–Trinajstić information content (AvgIpc) is 3.70. The van der Waals surface area contributed by atoms with Crippen LogP contribution >= 0.6 is 28.0 Å². The molecule has 0 saturated carbocycles. The number of fused-ring (bicyclic) bond motifs is 1. The molecule has 0 spiro atoms. The Kier molecular flexibility index (Phi) is 16.8. The zero-order valence-corrected chi connectivity index (χ0v) is 38.0. The molecule has 4 aromatic carbocycles. The van der Waals surface area contributed by atoms with Crippen LogP contribution in [0.5, 0.6) is 0 Å². The van der Waals surface area contributed by atoms with Gasteiger partial charge in [-0.3, -0.25) is 0 Å². The van der Waals surface area contributed by atoms with Gasteiger partial charge >= 0.3 is 135 Å². The van der Waals surface area contributed by atoms with Crippen LogP contribution in [0.25, 0.3) is 5.57 Å². The maximum absolute atomic E-state index is 6.19. The summed E-state index contributed by atoms with van der Waals surface area (Å²) in [7, 11) is 11.2. The van der Waals surface area contributed by atoms with Crippen LogP contribution in [0.15, 0.2) is 84.9 Å². The monoisotopic (exact) mass is 876 g/mol. The molecule has 5 nitrogen and oxygen atoms in total. The van der Waals surface area contributed by atoms with Gasteiger partial charge in [-0.2, -0.15) is 0 Å². The molecular formula is C45H57Cl2N2O3PRu+2. The van der Waals surface area contributed by atoms with Crippen LogP contribution in [0.2, 0.25) is 0 Å². The van der Waals surface area contributed by atoms with Gasteiger partial charge in [0.05, 0.1) is 18.3 Å².